The van der Waals surface area contributed by atoms with Crippen LogP contribution in [0.4, 0.5) is 0 Å². The van der Waals surface area contributed by atoms with Crippen molar-refractivity contribution in [1.82, 2.24) is 14.8 Å². The zero-order valence-corrected chi connectivity index (χ0v) is 17.6. The van der Waals surface area contributed by atoms with Crippen LogP contribution in [-0.4, -0.2) is 65.0 Å². The maximum atomic E-state index is 8.93. The summed E-state index contributed by atoms with van der Waals surface area (Å²) in [6.07, 6.45) is 2.78. The third-order valence-corrected chi connectivity index (χ3v) is 4.93. The number of fused-ring (bicyclic) bond motifs is 1. The molecule has 2 heterocycles. The van der Waals surface area contributed by atoms with Crippen molar-refractivity contribution in [3.05, 3.63) is 59.8 Å². The molecule has 0 bridgehead atoms. The second-order valence-corrected chi connectivity index (χ2v) is 7.26. The van der Waals surface area contributed by atoms with E-state index in [1.807, 2.05) is 25.2 Å². The van der Waals surface area contributed by atoms with Crippen LogP contribution in [-0.2, 0) is 16.1 Å². The van der Waals surface area contributed by atoms with Gasteiger partial charge in [-0.15, -0.1) is 0 Å². The summed E-state index contributed by atoms with van der Waals surface area (Å²) in [6, 6.07) is 14.4. The summed E-state index contributed by atoms with van der Waals surface area (Å²) in [5.41, 5.74) is 2.24. The monoisotopic (exact) mass is 429 g/mol. The van der Waals surface area contributed by atoms with E-state index in [1.165, 1.54) is 5.56 Å². The first-order valence-electron chi connectivity index (χ1n) is 9.30. The van der Waals surface area contributed by atoms with E-state index in [2.05, 4.69) is 46.1 Å². The van der Waals surface area contributed by atoms with Gasteiger partial charge in [0.15, 0.2) is 0 Å². The Labute approximate surface area is 180 Å². The summed E-state index contributed by atoms with van der Waals surface area (Å²) >= 11 is 5.54. The van der Waals surface area contributed by atoms with Crippen molar-refractivity contribution in [3.8, 4) is 5.88 Å². The van der Waals surface area contributed by atoms with Crippen molar-refractivity contribution >= 4 is 29.1 Å². The van der Waals surface area contributed by atoms with Gasteiger partial charge in [-0.1, -0.05) is 42.5 Å². The Hall–Kier alpha value is -3.04. The Balaban J connectivity index is 0.000000469. The van der Waals surface area contributed by atoms with Crippen molar-refractivity contribution < 1.29 is 24.5 Å². The van der Waals surface area contributed by atoms with Crippen molar-refractivity contribution in [3.63, 3.8) is 0 Å². The molecule has 1 aliphatic heterocycles. The number of carbonyl (C=O) groups is 2. The molecule has 0 radical (unpaired) electrons. The molecule has 1 aromatic heterocycles. The third kappa shape index (κ3) is 7.09. The van der Waals surface area contributed by atoms with E-state index in [9.17, 15) is 0 Å². The fourth-order valence-corrected chi connectivity index (χ4v) is 3.16. The Morgan fingerprint density at radius 1 is 1.20 bits per heavy atom. The first kappa shape index (κ1) is 23.2. The number of ether oxygens (including phenoxy) is 1. The van der Waals surface area contributed by atoms with Gasteiger partial charge in [0.2, 0.25) is 5.88 Å². The van der Waals surface area contributed by atoms with E-state index in [0.717, 1.165) is 36.6 Å². The molecule has 0 fully saturated rings. The number of hydrogen-bond donors (Lipinski definition) is 0. The van der Waals surface area contributed by atoms with Gasteiger partial charge >= 0.3 is 0 Å². The molecular formula is C21H23N3O5S-2. The SMILES string of the molecule is CN(CCC1CN(C)C(=S)c2cccnc2O1)Cc1ccccc1.O=C([O-])C(=O)[O-]. The summed E-state index contributed by atoms with van der Waals surface area (Å²) in [5.74, 6) is -3.72. The van der Waals surface area contributed by atoms with Crippen molar-refractivity contribution in [1.29, 1.82) is 0 Å². The molecule has 1 aromatic carbocycles. The third-order valence-electron chi connectivity index (χ3n) is 4.40. The van der Waals surface area contributed by atoms with Gasteiger partial charge in [0.25, 0.3) is 0 Å². The van der Waals surface area contributed by atoms with E-state index >= 15 is 0 Å². The van der Waals surface area contributed by atoms with E-state index < -0.39 is 11.9 Å². The molecule has 9 heteroatoms. The summed E-state index contributed by atoms with van der Waals surface area (Å²) in [7, 11) is 4.17. The molecule has 1 atom stereocenters. The van der Waals surface area contributed by atoms with Crippen LogP contribution in [0.5, 0.6) is 5.88 Å². The van der Waals surface area contributed by atoms with E-state index in [0.29, 0.717) is 5.88 Å². The largest absolute Gasteiger partial charge is 0.543 e. The fourth-order valence-electron chi connectivity index (χ4n) is 2.93. The van der Waals surface area contributed by atoms with Gasteiger partial charge in [0.1, 0.15) is 11.1 Å². The van der Waals surface area contributed by atoms with Crippen LogP contribution < -0.4 is 14.9 Å². The fraction of sp³-hybridized carbons (Fsp3) is 0.333. The summed E-state index contributed by atoms with van der Waals surface area (Å²) in [5, 5.41) is 17.9. The molecule has 1 unspecified atom stereocenters. The van der Waals surface area contributed by atoms with Crippen LogP contribution in [0.2, 0.25) is 0 Å². The molecule has 0 amide bonds. The number of benzene rings is 1. The number of carboxylic acids is 2. The molecule has 30 heavy (non-hydrogen) atoms. The summed E-state index contributed by atoms with van der Waals surface area (Å²) < 4.78 is 6.13. The summed E-state index contributed by atoms with van der Waals surface area (Å²) in [4.78, 5) is 27.4. The lowest BCUT2D eigenvalue weighted by molar-refractivity contribution is -0.345. The number of carbonyl (C=O) groups excluding carboxylic acids is 2. The maximum absolute atomic E-state index is 8.93. The first-order valence-corrected chi connectivity index (χ1v) is 9.70. The molecule has 160 valence electrons. The quantitative estimate of drug-likeness (QED) is 0.457. The number of likely N-dealkylation sites (N-methyl/N-ethyl adjacent to an activating group) is 1. The van der Waals surface area contributed by atoms with Crippen LogP contribution in [0.15, 0.2) is 48.7 Å². The Morgan fingerprint density at radius 2 is 1.87 bits per heavy atom. The minimum atomic E-state index is -2.19. The number of aromatic nitrogens is 1. The van der Waals surface area contributed by atoms with Crippen LogP contribution in [0.3, 0.4) is 0 Å². The molecule has 2 aromatic rings. The van der Waals surface area contributed by atoms with Gasteiger partial charge in [0, 0.05) is 26.3 Å². The molecule has 1 aliphatic rings. The van der Waals surface area contributed by atoms with Gasteiger partial charge in [-0.3, -0.25) is 0 Å². The van der Waals surface area contributed by atoms with Crippen LogP contribution in [0, 0.1) is 0 Å². The highest BCUT2D eigenvalue weighted by molar-refractivity contribution is 7.80. The van der Waals surface area contributed by atoms with Crippen LogP contribution in [0.25, 0.3) is 0 Å². The number of pyridine rings is 1. The number of aliphatic carboxylic acids is 2. The molecule has 0 saturated heterocycles. The standard InChI is InChI=1S/C19H23N3OS.C2H2O4/c1-21(13-15-7-4-3-5-8-15)12-10-16-14-22(2)19(24)17-9-6-11-20-18(17)23-16;3-1(4)2(5)6/h3-9,11,16H,10,12-14H2,1-2H3;(H,3,4)(H,5,6)/p-2. The molecule has 8 nitrogen and oxygen atoms in total. The second-order valence-electron chi connectivity index (χ2n) is 6.87. The highest BCUT2D eigenvalue weighted by atomic mass is 32.1. The normalized spacial score (nSPS) is 15.4. The van der Waals surface area contributed by atoms with E-state index in [4.69, 9.17) is 36.8 Å². The van der Waals surface area contributed by atoms with Crippen molar-refractivity contribution in [2.45, 2.75) is 19.1 Å². The molecule has 3 rings (SSSR count). The van der Waals surface area contributed by atoms with Crippen LogP contribution >= 0.6 is 12.2 Å². The average Bonchev–Trinajstić information content (AvgIpc) is 2.84. The Bertz CT molecular complexity index is 866. The maximum Gasteiger partial charge on any atom is 0.224 e. The van der Waals surface area contributed by atoms with Crippen molar-refractivity contribution in [2.75, 3.05) is 27.2 Å². The highest BCUT2D eigenvalue weighted by Gasteiger charge is 2.25. The average molecular weight is 429 g/mol. The highest BCUT2D eigenvalue weighted by Crippen LogP contribution is 2.23. The van der Waals surface area contributed by atoms with Gasteiger partial charge in [-0.25, -0.2) is 4.98 Å². The summed E-state index contributed by atoms with van der Waals surface area (Å²) in [6.45, 7) is 2.69. The minimum absolute atomic E-state index is 0.0855. The minimum Gasteiger partial charge on any atom is -0.543 e. The molecular weight excluding hydrogens is 406 g/mol. The zero-order valence-electron chi connectivity index (χ0n) is 16.8. The molecule has 0 N–H and O–H groups in total. The zero-order chi connectivity index (χ0) is 22.1. The lowest BCUT2D eigenvalue weighted by Crippen LogP contribution is -2.42. The number of hydrogen-bond acceptors (Lipinski definition) is 8. The number of thiocarbonyl (C=S) groups is 1. The molecule has 0 aliphatic carbocycles. The second kappa shape index (κ2) is 11.2. The lowest BCUT2D eigenvalue weighted by Gasteiger charge is -2.24. The predicted octanol–water partition coefficient (Wildman–Crippen LogP) is -0.542. The molecule has 0 saturated carbocycles. The van der Waals surface area contributed by atoms with Gasteiger partial charge in [0.05, 0.1) is 24.0 Å². The van der Waals surface area contributed by atoms with Gasteiger partial charge in [-0.2, -0.15) is 0 Å². The van der Waals surface area contributed by atoms with E-state index in [1.54, 1.807) is 6.20 Å². The molecule has 0 spiro atoms. The Morgan fingerprint density at radius 3 is 2.50 bits per heavy atom. The Kier molecular flexibility index (Phi) is 8.70. The first-order chi connectivity index (χ1) is 14.3. The predicted molar refractivity (Wildman–Crippen MR) is 110 cm³/mol. The van der Waals surface area contributed by atoms with Crippen molar-refractivity contribution in [2.24, 2.45) is 0 Å². The van der Waals surface area contributed by atoms with Crippen LogP contribution in [0.1, 0.15) is 17.5 Å². The lowest BCUT2D eigenvalue weighted by atomic mass is 10.2. The number of carboxylic acid groups (broad SMARTS) is 2. The number of nitrogens with zero attached hydrogens (tertiary/aromatic N) is 3. The smallest absolute Gasteiger partial charge is 0.224 e. The van der Waals surface area contributed by atoms with Gasteiger partial charge in [-0.05, 0) is 31.2 Å². The number of rotatable bonds is 5. The van der Waals surface area contributed by atoms with Gasteiger partial charge < -0.3 is 34.3 Å². The van der Waals surface area contributed by atoms with E-state index in [-0.39, 0.29) is 6.10 Å². The topological polar surface area (TPSA) is 109 Å².